The lowest BCUT2D eigenvalue weighted by molar-refractivity contribution is -0.137. The van der Waals surface area contributed by atoms with Crippen LogP contribution in [-0.4, -0.2) is 12.5 Å². The number of nitrogens with one attached hydrogen (secondary N) is 1. The van der Waals surface area contributed by atoms with Crippen molar-refractivity contribution in [2.45, 2.75) is 32.9 Å². The number of hydrogen-bond donors (Lipinski definition) is 2. The van der Waals surface area contributed by atoms with E-state index in [2.05, 4.69) is 5.32 Å². The van der Waals surface area contributed by atoms with Gasteiger partial charge in [-0.15, -0.1) is 0 Å². The molecule has 0 spiro atoms. The summed E-state index contributed by atoms with van der Waals surface area (Å²) in [5, 5.41) is 2.41. The minimum absolute atomic E-state index is 0.148. The van der Waals surface area contributed by atoms with Gasteiger partial charge in [0.1, 0.15) is 0 Å². The first-order valence-electron chi connectivity index (χ1n) is 6.58. The highest BCUT2D eigenvalue weighted by Crippen LogP contribution is 2.35. The topological polar surface area (TPSA) is 55.1 Å². The van der Waals surface area contributed by atoms with Gasteiger partial charge in [0.2, 0.25) is 5.91 Å². The lowest BCUT2D eigenvalue weighted by Crippen LogP contribution is -2.41. The molecule has 1 aromatic carbocycles. The monoisotopic (exact) mass is 322 g/mol. The number of rotatable bonds is 5. The first-order valence-corrected chi connectivity index (χ1v) is 6.96. The number of anilines is 1. The SMILES string of the molecule is CCC(CC)(CN)C(=O)Nc1ccc(C(F)(F)F)cc1Cl. The zero-order chi connectivity index (χ0) is 16.3. The van der Waals surface area contributed by atoms with Crippen LogP contribution in [0.1, 0.15) is 32.3 Å². The molecule has 0 atom stereocenters. The van der Waals surface area contributed by atoms with Crippen LogP contribution in [0.2, 0.25) is 5.02 Å². The molecule has 3 nitrogen and oxygen atoms in total. The van der Waals surface area contributed by atoms with Gasteiger partial charge in [-0.05, 0) is 31.0 Å². The van der Waals surface area contributed by atoms with Crippen LogP contribution < -0.4 is 11.1 Å². The van der Waals surface area contributed by atoms with E-state index in [0.717, 1.165) is 18.2 Å². The number of alkyl halides is 3. The molecule has 21 heavy (non-hydrogen) atoms. The Labute approximate surface area is 126 Å². The van der Waals surface area contributed by atoms with E-state index in [1.165, 1.54) is 0 Å². The summed E-state index contributed by atoms with van der Waals surface area (Å²) in [4.78, 5) is 12.3. The fraction of sp³-hybridized carbons (Fsp3) is 0.500. The summed E-state index contributed by atoms with van der Waals surface area (Å²) in [7, 11) is 0. The lowest BCUT2D eigenvalue weighted by atomic mass is 9.81. The standard InChI is InChI=1S/C14H18ClF3N2O/c1-3-13(4-2,8-19)12(21)20-11-6-5-9(7-10(11)15)14(16,17)18/h5-7H,3-4,8,19H2,1-2H3,(H,20,21). The van der Waals surface area contributed by atoms with Gasteiger partial charge in [0.05, 0.1) is 21.7 Å². The fourth-order valence-electron chi connectivity index (χ4n) is 2.00. The number of amides is 1. The third-order valence-electron chi connectivity index (χ3n) is 3.77. The number of carbonyl (C=O) groups excluding carboxylic acids is 1. The van der Waals surface area contributed by atoms with Crippen molar-refractivity contribution in [2.24, 2.45) is 11.1 Å². The van der Waals surface area contributed by atoms with E-state index in [-0.39, 0.29) is 23.2 Å². The highest BCUT2D eigenvalue weighted by atomic mass is 35.5. The molecule has 7 heteroatoms. The van der Waals surface area contributed by atoms with Gasteiger partial charge in [-0.3, -0.25) is 4.79 Å². The summed E-state index contributed by atoms with van der Waals surface area (Å²) in [6.45, 7) is 3.83. The number of carbonyl (C=O) groups is 1. The number of nitrogens with two attached hydrogens (primary N) is 1. The molecule has 1 aromatic rings. The van der Waals surface area contributed by atoms with E-state index < -0.39 is 17.2 Å². The molecule has 118 valence electrons. The molecule has 0 bridgehead atoms. The quantitative estimate of drug-likeness (QED) is 0.858. The van der Waals surface area contributed by atoms with Gasteiger partial charge in [-0.2, -0.15) is 13.2 Å². The van der Waals surface area contributed by atoms with Gasteiger partial charge in [-0.25, -0.2) is 0 Å². The maximum atomic E-state index is 12.6. The van der Waals surface area contributed by atoms with Crippen molar-refractivity contribution in [1.29, 1.82) is 0 Å². The summed E-state index contributed by atoms with van der Waals surface area (Å²) in [5.74, 6) is -0.336. The zero-order valence-electron chi connectivity index (χ0n) is 11.9. The molecular formula is C14H18ClF3N2O. The van der Waals surface area contributed by atoms with Gasteiger partial charge >= 0.3 is 6.18 Å². The second kappa shape index (κ2) is 6.66. The predicted molar refractivity (Wildman–Crippen MR) is 77.2 cm³/mol. The number of benzene rings is 1. The van der Waals surface area contributed by atoms with Crippen LogP contribution in [0.3, 0.4) is 0 Å². The van der Waals surface area contributed by atoms with Crippen molar-refractivity contribution in [3.8, 4) is 0 Å². The van der Waals surface area contributed by atoms with E-state index >= 15 is 0 Å². The molecule has 3 N–H and O–H groups in total. The maximum absolute atomic E-state index is 12.6. The summed E-state index contributed by atoms with van der Waals surface area (Å²) in [6, 6.07) is 2.82. The lowest BCUT2D eigenvalue weighted by Gasteiger charge is -2.28. The van der Waals surface area contributed by atoms with Crippen LogP contribution >= 0.6 is 11.6 Å². The molecular weight excluding hydrogens is 305 g/mol. The minimum Gasteiger partial charge on any atom is -0.329 e. The van der Waals surface area contributed by atoms with Crippen molar-refractivity contribution < 1.29 is 18.0 Å². The van der Waals surface area contributed by atoms with Crippen LogP contribution in [0.4, 0.5) is 18.9 Å². The van der Waals surface area contributed by atoms with E-state index in [1.807, 2.05) is 13.8 Å². The molecule has 1 rings (SSSR count). The largest absolute Gasteiger partial charge is 0.416 e. The van der Waals surface area contributed by atoms with Crippen LogP contribution in [0.25, 0.3) is 0 Å². The minimum atomic E-state index is -4.47. The molecule has 0 unspecified atom stereocenters. The Morgan fingerprint density at radius 3 is 2.24 bits per heavy atom. The van der Waals surface area contributed by atoms with E-state index in [1.54, 1.807) is 0 Å². The Morgan fingerprint density at radius 2 is 1.86 bits per heavy atom. The van der Waals surface area contributed by atoms with Gasteiger partial charge in [0, 0.05) is 6.54 Å². The van der Waals surface area contributed by atoms with Crippen LogP contribution in [0, 0.1) is 5.41 Å². The number of hydrogen-bond acceptors (Lipinski definition) is 2. The normalized spacial score (nSPS) is 12.3. The van der Waals surface area contributed by atoms with Crippen molar-refractivity contribution in [2.75, 3.05) is 11.9 Å². The van der Waals surface area contributed by atoms with Gasteiger partial charge in [0.15, 0.2) is 0 Å². The van der Waals surface area contributed by atoms with Crippen LogP contribution in [0.5, 0.6) is 0 Å². The second-order valence-corrected chi connectivity index (χ2v) is 5.25. The van der Waals surface area contributed by atoms with E-state index in [9.17, 15) is 18.0 Å². The molecule has 0 saturated heterocycles. The Kier molecular flexibility index (Phi) is 5.64. The highest BCUT2D eigenvalue weighted by molar-refractivity contribution is 6.33. The van der Waals surface area contributed by atoms with E-state index in [0.29, 0.717) is 12.8 Å². The maximum Gasteiger partial charge on any atom is 0.416 e. The first kappa shape index (κ1) is 17.8. The molecule has 0 aliphatic carbocycles. The average molecular weight is 323 g/mol. The third-order valence-corrected chi connectivity index (χ3v) is 4.08. The number of halogens is 4. The van der Waals surface area contributed by atoms with Gasteiger partial charge < -0.3 is 11.1 Å². The summed E-state index contributed by atoms with van der Waals surface area (Å²) in [5.41, 5.74) is 4.20. The molecule has 0 aromatic heterocycles. The molecule has 1 amide bonds. The van der Waals surface area contributed by atoms with Crippen molar-refractivity contribution in [3.05, 3.63) is 28.8 Å². The Balaban J connectivity index is 3.01. The second-order valence-electron chi connectivity index (χ2n) is 4.84. The fourth-order valence-corrected chi connectivity index (χ4v) is 2.23. The van der Waals surface area contributed by atoms with Crippen LogP contribution in [0.15, 0.2) is 18.2 Å². The van der Waals surface area contributed by atoms with Gasteiger partial charge in [0.25, 0.3) is 0 Å². The molecule has 0 fully saturated rings. The molecule has 0 aliphatic rings. The average Bonchev–Trinajstić information content (AvgIpc) is 2.42. The summed E-state index contributed by atoms with van der Waals surface area (Å²) >= 11 is 5.81. The van der Waals surface area contributed by atoms with Crippen molar-refractivity contribution in [3.63, 3.8) is 0 Å². The summed E-state index contributed by atoms with van der Waals surface area (Å²) < 4.78 is 37.7. The Bertz CT molecular complexity index is 505. The van der Waals surface area contributed by atoms with E-state index in [4.69, 9.17) is 17.3 Å². The Morgan fingerprint density at radius 1 is 1.29 bits per heavy atom. The molecule has 0 saturated carbocycles. The smallest absolute Gasteiger partial charge is 0.329 e. The zero-order valence-corrected chi connectivity index (χ0v) is 12.6. The molecule has 0 heterocycles. The predicted octanol–water partition coefficient (Wildman–Crippen LogP) is 4.06. The third kappa shape index (κ3) is 3.89. The molecule has 0 aliphatic heterocycles. The molecule has 0 radical (unpaired) electrons. The highest BCUT2D eigenvalue weighted by Gasteiger charge is 2.34. The Hall–Kier alpha value is -1.27. The van der Waals surface area contributed by atoms with Crippen molar-refractivity contribution in [1.82, 2.24) is 0 Å². The van der Waals surface area contributed by atoms with Gasteiger partial charge in [-0.1, -0.05) is 25.4 Å². The first-order chi connectivity index (χ1) is 9.70. The summed E-state index contributed by atoms with van der Waals surface area (Å²) in [6.07, 6.45) is -3.41. The van der Waals surface area contributed by atoms with Crippen LogP contribution in [-0.2, 0) is 11.0 Å². The van der Waals surface area contributed by atoms with Crippen molar-refractivity contribution >= 4 is 23.2 Å².